The van der Waals surface area contributed by atoms with Crippen LogP contribution in [0.15, 0.2) is 78.9 Å². The second-order valence-electron chi connectivity index (χ2n) is 10.9. The van der Waals surface area contributed by atoms with Crippen LogP contribution in [-0.2, 0) is 24.1 Å². The number of methoxy groups -OCH3 is 1. The number of benzene rings is 4. The third-order valence-corrected chi connectivity index (χ3v) is 6.93. The molecule has 0 aliphatic heterocycles. The van der Waals surface area contributed by atoms with Crippen molar-refractivity contribution in [3.05, 3.63) is 101 Å². The third-order valence-electron chi connectivity index (χ3n) is 6.93. The topological polar surface area (TPSA) is 111 Å². The van der Waals surface area contributed by atoms with Crippen molar-refractivity contribution in [2.24, 2.45) is 0 Å². The van der Waals surface area contributed by atoms with Gasteiger partial charge in [0.25, 0.3) is 0 Å². The molecule has 0 radical (unpaired) electrons. The molecule has 40 heavy (non-hydrogen) atoms. The van der Waals surface area contributed by atoms with Gasteiger partial charge in [-0.3, -0.25) is 4.79 Å². The first kappa shape index (κ1) is 28.9. The van der Waals surface area contributed by atoms with Gasteiger partial charge >= 0.3 is 0 Å². The number of fused-ring (bicyclic) bond motifs is 1. The highest BCUT2D eigenvalue weighted by atomic mass is 16.5. The van der Waals surface area contributed by atoms with E-state index in [1.165, 1.54) is 23.8 Å². The maximum atomic E-state index is 12.6. The van der Waals surface area contributed by atoms with Crippen molar-refractivity contribution < 1.29 is 24.9 Å². The molecular formula is C33H38N2O5. The number of nitrogens with one attached hydrogen (secondary N) is 2. The largest absolute Gasteiger partial charge is 0.508 e. The van der Waals surface area contributed by atoms with E-state index in [0.717, 1.165) is 34.1 Å². The van der Waals surface area contributed by atoms with E-state index >= 15 is 0 Å². The number of ether oxygens (including phenoxy) is 1. The Labute approximate surface area is 235 Å². The fourth-order valence-corrected chi connectivity index (χ4v) is 4.87. The van der Waals surface area contributed by atoms with Crippen LogP contribution in [0.5, 0.6) is 17.2 Å². The number of phenolic OH excluding ortho intramolecular Hbond substituents is 2. The Bertz CT molecular complexity index is 1450. The normalized spacial score (nSPS) is 12.3. The summed E-state index contributed by atoms with van der Waals surface area (Å²) in [6.45, 7) is 4.91. The Hall–Kier alpha value is -4.07. The first-order valence-electron chi connectivity index (χ1n) is 13.5. The molecule has 7 nitrogen and oxygen atoms in total. The number of hydrogen-bond donors (Lipinski definition) is 5. The van der Waals surface area contributed by atoms with E-state index in [4.69, 9.17) is 4.74 Å². The van der Waals surface area contributed by atoms with Gasteiger partial charge in [0.2, 0.25) is 5.91 Å². The van der Waals surface area contributed by atoms with Crippen LogP contribution in [0.1, 0.15) is 42.2 Å². The molecule has 0 unspecified atom stereocenters. The zero-order valence-corrected chi connectivity index (χ0v) is 23.3. The Morgan fingerprint density at radius 3 is 2.33 bits per heavy atom. The molecule has 0 aliphatic rings. The molecule has 1 amide bonds. The van der Waals surface area contributed by atoms with Crippen LogP contribution in [0.4, 0.5) is 0 Å². The fraction of sp³-hybridized carbons (Fsp3) is 0.303. The standard InChI is InChI=1S/C33H38N2O5/c1-33(2,35-21-31(38)27-16-28(36)19-29(37)17-27)20-24-6-4-5-23(13-24)15-32(39)34-12-11-22-7-8-26-18-30(40-3)10-9-25(26)14-22/h4-10,13-14,16-19,31,35-38H,11-12,15,20-21H2,1-3H3,(H,34,39)/t31-/m0/s1. The highest BCUT2D eigenvalue weighted by Crippen LogP contribution is 2.25. The summed E-state index contributed by atoms with van der Waals surface area (Å²) in [7, 11) is 1.66. The van der Waals surface area contributed by atoms with Gasteiger partial charge in [0.15, 0.2) is 0 Å². The van der Waals surface area contributed by atoms with Crippen LogP contribution in [0.25, 0.3) is 10.8 Å². The monoisotopic (exact) mass is 542 g/mol. The van der Waals surface area contributed by atoms with Gasteiger partial charge in [-0.1, -0.05) is 48.5 Å². The van der Waals surface area contributed by atoms with E-state index < -0.39 is 6.10 Å². The van der Waals surface area contributed by atoms with Crippen LogP contribution < -0.4 is 15.4 Å². The average Bonchev–Trinajstić information content (AvgIpc) is 2.91. The summed E-state index contributed by atoms with van der Waals surface area (Å²) in [6, 6.07) is 24.4. The number of phenols is 2. The quantitative estimate of drug-likeness (QED) is 0.176. The first-order valence-corrected chi connectivity index (χ1v) is 13.5. The number of β-amino-alcohol motifs (C(OH)–C–C–N with tert-alkyl or cyclic N) is 1. The molecule has 0 heterocycles. The summed E-state index contributed by atoms with van der Waals surface area (Å²) in [5, 5.41) is 38.5. The lowest BCUT2D eigenvalue weighted by Gasteiger charge is -2.28. The number of carbonyl (C=O) groups is 1. The van der Waals surface area contributed by atoms with Crippen molar-refractivity contribution in [2.75, 3.05) is 20.2 Å². The van der Waals surface area contributed by atoms with E-state index in [9.17, 15) is 20.1 Å². The average molecular weight is 543 g/mol. The number of aromatic hydroxyl groups is 2. The third kappa shape index (κ3) is 8.21. The second kappa shape index (κ2) is 12.9. The van der Waals surface area contributed by atoms with Crippen molar-refractivity contribution in [1.29, 1.82) is 0 Å². The van der Waals surface area contributed by atoms with Crippen LogP contribution in [0.3, 0.4) is 0 Å². The van der Waals surface area contributed by atoms with Crippen LogP contribution in [0.2, 0.25) is 0 Å². The van der Waals surface area contributed by atoms with Crippen LogP contribution in [-0.4, -0.2) is 47.0 Å². The van der Waals surface area contributed by atoms with Crippen LogP contribution >= 0.6 is 0 Å². The summed E-state index contributed by atoms with van der Waals surface area (Å²) in [5.74, 6) is 0.632. The van der Waals surface area contributed by atoms with E-state index in [0.29, 0.717) is 24.9 Å². The molecule has 4 rings (SSSR count). The molecule has 0 aromatic heterocycles. The molecule has 5 N–H and O–H groups in total. The van der Waals surface area contributed by atoms with Crippen molar-refractivity contribution in [1.82, 2.24) is 10.6 Å². The van der Waals surface area contributed by atoms with E-state index in [1.54, 1.807) is 7.11 Å². The molecule has 0 aliphatic carbocycles. The molecule has 0 saturated carbocycles. The van der Waals surface area contributed by atoms with Crippen molar-refractivity contribution >= 4 is 16.7 Å². The zero-order chi connectivity index (χ0) is 28.7. The SMILES string of the molecule is COc1ccc2cc(CCNC(=O)Cc3cccc(CC(C)(C)NC[C@H](O)c4cc(O)cc(O)c4)c3)ccc2c1. The van der Waals surface area contributed by atoms with Gasteiger partial charge in [-0.2, -0.15) is 0 Å². The Balaban J connectivity index is 1.25. The number of carbonyl (C=O) groups excluding carboxylic acids is 1. The van der Waals surface area contributed by atoms with Gasteiger partial charge in [-0.25, -0.2) is 0 Å². The Morgan fingerprint density at radius 2 is 1.57 bits per heavy atom. The summed E-state index contributed by atoms with van der Waals surface area (Å²) in [6.07, 6.45) is 0.861. The lowest BCUT2D eigenvalue weighted by molar-refractivity contribution is -0.120. The maximum absolute atomic E-state index is 12.6. The minimum atomic E-state index is -0.884. The number of rotatable bonds is 12. The summed E-state index contributed by atoms with van der Waals surface area (Å²) in [5.41, 5.74) is 3.29. The van der Waals surface area contributed by atoms with Crippen molar-refractivity contribution in [3.63, 3.8) is 0 Å². The molecule has 1 atom stereocenters. The minimum Gasteiger partial charge on any atom is -0.508 e. The molecule has 0 fully saturated rings. The lowest BCUT2D eigenvalue weighted by atomic mass is 9.93. The van der Waals surface area contributed by atoms with E-state index in [-0.39, 0.29) is 29.5 Å². The van der Waals surface area contributed by atoms with Crippen molar-refractivity contribution in [3.8, 4) is 17.2 Å². The Kier molecular flexibility index (Phi) is 9.30. The minimum absolute atomic E-state index is 0.0162. The van der Waals surface area contributed by atoms with Gasteiger partial charge in [0.05, 0.1) is 19.6 Å². The molecule has 0 bridgehead atoms. The van der Waals surface area contributed by atoms with E-state index in [1.807, 2.05) is 56.3 Å². The van der Waals surface area contributed by atoms with Gasteiger partial charge in [0.1, 0.15) is 17.2 Å². The molecule has 7 heteroatoms. The predicted octanol–water partition coefficient (Wildman–Crippen LogP) is 4.81. The van der Waals surface area contributed by atoms with Crippen LogP contribution in [0, 0.1) is 0 Å². The highest BCUT2D eigenvalue weighted by Gasteiger charge is 2.21. The Morgan fingerprint density at radius 1 is 0.875 bits per heavy atom. The maximum Gasteiger partial charge on any atom is 0.224 e. The molecule has 4 aromatic rings. The van der Waals surface area contributed by atoms with Gasteiger partial charge in [-0.15, -0.1) is 0 Å². The molecule has 0 saturated heterocycles. The predicted molar refractivity (Wildman–Crippen MR) is 158 cm³/mol. The number of aliphatic hydroxyl groups is 1. The highest BCUT2D eigenvalue weighted by molar-refractivity contribution is 5.84. The second-order valence-corrected chi connectivity index (χ2v) is 10.9. The van der Waals surface area contributed by atoms with Crippen molar-refractivity contribution in [2.45, 2.75) is 44.8 Å². The number of aliphatic hydroxyl groups excluding tert-OH is 1. The smallest absolute Gasteiger partial charge is 0.224 e. The summed E-state index contributed by atoms with van der Waals surface area (Å²) < 4.78 is 5.29. The van der Waals surface area contributed by atoms with Gasteiger partial charge < -0.3 is 30.7 Å². The zero-order valence-electron chi connectivity index (χ0n) is 23.3. The first-order chi connectivity index (χ1) is 19.1. The number of hydrogen-bond acceptors (Lipinski definition) is 6. The van der Waals surface area contributed by atoms with Gasteiger partial charge in [0, 0.05) is 24.7 Å². The molecule has 210 valence electrons. The number of amides is 1. The summed E-state index contributed by atoms with van der Waals surface area (Å²) >= 11 is 0. The molecular weight excluding hydrogens is 504 g/mol. The van der Waals surface area contributed by atoms with Gasteiger partial charge in [-0.05, 0) is 84.0 Å². The lowest BCUT2D eigenvalue weighted by Crippen LogP contribution is -2.43. The molecule has 0 spiro atoms. The fourth-order valence-electron chi connectivity index (χ4n) is 4.87. The molecule has 4 aromatic carbocycles. The summed E-state index contributed by atoms with van der Waals surface area (Å²) in [4.78, 5) is 12.6. The van der Waals surface area contributed by atoms with E-state index in [2.05, 4.69) is 28.8 Å².